The number of carboxylic acid groups (broad SMARTS) is 1. The maximum atomic E-state index is 11.9. The molecule has 8 nitrogen and oxygen atoms in total. The number of rotatable bonds is 8. The first-order valence-corrected chi connectivity index (χ1v) is 7.40. The standard InChI is InChI=1S/C15H26N4O4/c1-11(17)18-10-6-5-7-15(8-9-16,12(20)21)19-13(22)23-14(2,3)4/h5-8,10H2,1-4H3,(H2,17,18)(H,19,22)(H,20,21). The molecule has 0 aliphatic carbocycles. The quantitative estimate of drug-likeness (QED) is 0.353. The van der Waals surface area contributed by atoms with Gasteiger partial charge in [0, 0.05) is 6.54 Å². The van der Waals surface area contributed by atoms with Crippen LogP contribution in [0.25, 0.3) is 0 Å². The smallest absolute Gasteiger partial charge is 0.408 e. The average molecular weight is 326 g/mol. The monoisotopic (exact) mass is 326 g/mol. The van der Waals surface area contributed by atoms with Crippen molar-refractivity contribution in [2.24, 2.45) is 10.7 Å². The predicted molar refractivity (Wildman–Crippen MR) is 86.0 cm³/mol. The summed E-state index contributed by atoms with van der Waals surface area (Å²) in [6.45, 7) is 7.16. The van der Waals surface area contributed by atoms with Crippen molar-refractivity contribution in [2.75, 3.05) is 6.54 Å². The fraction of sp³-hybridized carbons (Fsp3) is 0.733. The average Bonchev–Trinajstić information content (AvgIpc) is 2.35. The van der Waals surface area contributed by atoms with Gasteiger partial charge in [0.2, 0.25) is 0 Å². The zero-order chi connectivity index (χ0) is 18.1. The van der Waals surface area contributed by atoms with E-state index in [0.29, 0.717) is 25.2 Å². The summed E-state index contributed by atoms with van der Waals surface area (Å²) in [6, 6.07) is 1.82. The van der Waals surface area contributed by atoms with Crippen molar-refractivity contribution in [3.8, 4) is 6.07 Å². The lowest BCUT2D eigenvalue weighted by Crippen LogP contribution is -2.55. The number of unbranched alkanes of at least 4 members (excludes halogenated alkanes) is 1. The zero-order valence-corrected chi connectivity index (χ0v) is 14.2. The molecule has 1 amide bonds. The molecule has 0 heterocycles. The number of nitrogens with two attached hydrogens (primary N) is 1. The highest BCUT2D eigenvalue weighted by Gasteiger charge is 2.40. The van der Waals surface area contributed by atoms with Crippen LogP contribution < -0.4 is 11.1 Å². The highest BCUT2D eigenvalue weighted by Crippen LogP contribution is 2.20. The normalized spacial score (nSPS) is 14.5. The SMILES string of the molecule is CC(N)=NCCCCC(CC#N)(NC(=O)OC(C)(C)C)C(=O)O. The minimum atomic E-state index is -1.67. The van der Waals surface area contributed by atoms with E-state index in [0.717, 1.165) is 0 Å². The molecule has 0 saturated carbocycles. The molecule has 23 heavy (non-hydrogen) atoms. The van der Waals surface area contributed by atoms with Gasteiger partial charge in [-0.05, 0) is 47.0 Å². The van der Waals surface area contributed by atoms with Gasteiger partial charge in [0.15, 0.2) is 5.54 Å². The number of aliphatic imine (C=N–C) groups is 1. The molecule has 4 N–H and O–H groups in total. The zero-order valence-electron chi connectivity index (χ0n) is 14.2. The van der Waals surface area contributed by atoms with E-state index < -0.39 is 23.2 Å². The summed E-state index contributed by atoms with van der Waals surface area (Å²) >= 11 is 0. The maximum Gasteiger partial charge on any atom is 0.408 e. The summed E-state index contributed by atoms with van der Waals surface area (Å²) in [5.74, 6) is -0.804. The van der Waals surface area contributed by atoms with Crippen molar-refractivity contribution in [3.05, 3.63) is 0 Å². The van der Waals surface area contributed by atoms with Crippen LogP contribution in [-0.4, -0.2) is 40.7 Å². The van der Waals surface area contributed by atoms with Crippen LogP contribution >= 0.6 is 0 Å². The molecule has 0 aromatic carbocycles. The second-order valence-corrected chi connectivity index (χ2v) is 6.33. The number of carboxylic acids is 1. The molecule has 0 bridgehead atoms. The lowest BCUT2D eigenvalue weighted by Gasteiger charge is -2.30. The van der Waals surface area contributed by atoms with Crippen LogP contribution in [-0.2, 0) is 9.53 Å². The van der Waals surface area contributed by atoms with E-state index in [-0.39, 0.29) is 12.8 Å². The van der Waals surface area contributed by atoms with Gasteiger partial charge in [-0.1, -0.05) is 0 Å². The molecule has 0 aromatic heterocycles. The van der Waals surface area contributed by atoms with Gasteiger partial charge in [-0.2, -0.15) is 5.26 Å². The Bertz CT molecular complexity index is 487. The number of amides is 1. The van der Waals surface area contributed by atoms with Crippen LogP contribution in [0.4, 0.5) is 4.79 Å². The van der Waals surface area contributed by atoms with Crippen LogP contribution in [0.2, 0.25) is 0 Å². The van der Waals surface area contributed by atoms with Crippen LogP contribution in [0.1, 0.15) is 53.4 Å². The topological polar surface area (TPSA) is 138 Å². The van der Waals surface area contributed by atoms with Crippen molar-refractivity contribution in [1.29, 1.82) is 5.26 Å². The maximum absolute atomic E-state index is 11.9. The summed E-state index contributed by atoms with van der Waals surface area (Å²) in [5.41, 5.74) is 3.00. The number of ether oxygens (including phenoxy) is 1. The van der Waals surface area contributed by atoms with E-state index in [1.807, 2.05) is 6.07 Å². The number of hydrogen-bond donors (Lipinski definition) is 3. The fourth-order valence-electron chi connectivity index (χ4n) is 1.86. The first kappa shape index (κ1) is 20.7. The van der Waals surface area contributed by atoms with Crippen LogP contribution in [0.15, 0.2) is 4.99 Å². The number of hydrogen-bond acceptors (Lipinski definition) is 5. The number of aliphatic carboxylic acids is 1. The number of nitrogens with one attached hydrogen (secondary N) is 1. The van der Waals surface area contributed by atoms with Crippen LogP contribution in [0, 0.1) is 11.3 Å². The molecule has 0 saturated heterocycles. The molecular weight excluding hydrogens is 300 g/mol. The summed E-state index contributed by atoms with van der Waals surface area (Å²) in [6.07, 6.45) is -0.0217. The van der Waals surface area contributed by atoms with Gasteiger partial charge >= 0.3 is 12.1 Å². The lowest BCUT2D eigenvalue weighted by atomic mass is 9.89. The second kappa shape index (κ2) is 8.98. The van der Waals surface area contributed by atoms with E-state index in [2.05, 4.69) is 10.3 Å². The highest BCUT2D eigenvalue weighted by molar-refractivity contribution is 5.84. The van der Waals surface area contributed by atoms with E-state index in [1.165, 1.54) is 0 Å². The third-order valence-corrected chi connectivity index (χ3v) is 2.90. The summed E-state index contributed by atoms with van der Waals surface area (Å²) in [4.78, 5) is 27.5. The van der Waals surface area contributed by atoms with Crippen molar-refractivity contribution in [1.82, 2.24) is 5.32 Å². The van der Waals surface area contributed by atoms with Gasteiger partial charge in [0.1, 0.15) is 5.60 Å². The fourth-order valence-corrected chi connectivity index (χ4v) is 1.86. The first-order valence-electron chi connectivity index (χ1n) is 7.40. The highest BCUT2D eigenvalue weighted by atomic mass is 16.6. The number of carbonyl (C=O) groups excluding carboxylic acids is 1. The molecule has 0 fully saturated rings. The molecule has 0 spiro atoms. The largest absolute Gasteiger partial charge is 0.479 e. The molecule has 1 atom stereocenters. The number of amidine groups is 1. The number of alkyl carbamates (subject to hydrolysis) is 1. The summed E-state index contributed by atoms with van der Waals surface area (Å²) in [7, 11) is 0. The summed E-state index contributed by atoms with van der Waals surface area (Å²) < 4.78 is 5.09. The molecule has 130 valence electrons. The predicted octanol–water partition coefficient (Wildman–Crippen LogP) is 1.80. The molecule has 1 unspecified atom stereocenters. The van der Waals surface area contributed by atoms with E-state index >= 15 is 0 Å². The van der Waals surface area contributed by atoms with Gasteiger partial charge in [-0.25, -0.2) is 9.59 Å². The molecule has 0 aromatic rings. The van der Waals surface area contributed by atoms with E-state index in [1.54, 1.807) is 27.7 Å². The van der Waals surface area contributed by atoms with Crippen molar-refractivity contribution in [3.63, 3.8) is 0 Å². The Morgan fingerprint density at radius 1 is 1.35 bits per heavy atom. The van der Waals surface area contributed by atoms with Gasteiger partial charge in [-0.3, -0.25) is 4.99 Å². The first-order chi connectivity index (χ1) is 10.5. The summed E-state index contributed by atoms with van der Waals surface area (Å²) in [5, 5.41) is 20.7. The van der Waals surface area contributed by atoms with Gasteiger partial charge in [0.25, 0.3) is 0 Å². The minimum absolute atomic E-state index is 0.105. The Morgan fingerprint density at radius 2 is 1.96 bits per heavy atom. The Morgan fingerprint density at radius 3 is 2.39 bits per heavy atom. The van der Waals surface area contributed by atoms with Crippen LogP contribution in [0.5, 0.6) is 0 Å². The van der Waals surface area contributed by atoms with E-state index in [4.69, 9.17) is 15.7 Å². The molecule has 0 aliphatic heterocycles. The third kappa shape index (κ3) is 8.66. The Labute approximate surface area is 136 Å². The van der Waals surface area contributed by atoms with Gasteiger partial charge < -0.3 is 20.9 Å². The van der Waals surface area contributed by atoms with Crippen molar-refractivity contribution < 1.29 is 19.4 Å². The van der Waals surface area contributed by atoms with Gasteiger partial charge in [0.05, 0.1) is 18.3 Å². The second-order valence-electron chi connectivity index (χ2n) is 6.33. The molecular formula is C15H26N4O4. The van der Waals surface area contributed by atoms with E-state index in [9.17, 15) is 14.7 Å². The molecule has 0 radical (unpaired) electrons. The Hall–Kier alpha value is -2.30. The lowest BCUT2D eigenvalue weighted by molar-refractivity contribution is -0.145. The third-order valence-electron chi connectivity index (χ3n) is 2.90. The molecule has 8 heteroatoms. The van der Waals surface area contributed by atoms with Crippen molar-refractivity contribution >= 4 is 17.9 Å². The number of carbonyl (C=O) groups is 2. The number of nitriles is 1. The molecule has 0 rings (SSSR count). The Balaban J connectivity index is 4.89. The Kier molecular flexibility index (Phi) is 8.08. The minimum Gasteiger partial charge on any atom is -0.479 e. The van der Waals surface area contributed by atoms with Gasteiger partial charge in [-0.15, -0.1) is 0 Å². The van der Waals surface area contributed by atoms with Crippen LogP contribution in [0.3, 0.4) is 0 Å². The number of nitrogens with zero attached hydrogens (tertiary/aromatic N) is 2. The van der Waals surface area contributed by atoms with Crippen molar-refractivity contribution in [2.45, 2.75) is 64.5 Å². The molecule has 0 aliphatic rings.